The van der Waals surface area contributed by atoms with E-state index in [2.05, 4.69) is 16.4 Å². The molecule has 0 atom stereocenters. The van der Waals surface area contributed by atoms with Crippen LogP contribution >= 0.6 is 22.9 Å². The zero-order valence-corrected chi connectivity index (χ0v) is 18.8. The first-order valence-corrected chi connectivity index (χ1v) is 11.6. The molecule has 1 amide bonds. The molecule has 1 aliphatic heterocycles. The van der Waals surface area contributed by atoms with Crippen LogP contribution in [0.15, 0.2) is 36.5 Å². The number of likely N-dealkylation sites (tertiary alicyclic amines) is 1. The summed E-state index contributed by atoms with van der Waals surface area (Å²) in [6.45, 7) is 2.87. The van der Waals surface area contributed by atoms with E-state index in [9.17, 15) is 9.59 Å². The van der Waals surface area contributed by atoms with Gasteiger partial charge < -0.3 is 16.0 Å². The number of nitrogens with zero attached hydrogens (tertiary/aromatic N) is 2. The van der Waals surface area contributed by atoms with Gasteiger partial charge >= 0.3 is 0 Å². The second-order valence-corrected chi connectivity index (χ2v) is 9.26. The smallest absolute Gasteiger partial charge is 0.222 e. The zero-order valence-electron chi connectivity index (χ0n) is 17.2. The molecule has 3 aromatic rings. The molecule has 0 aliphatic carbocycles. The van der Waals surface area contributed by atoms with Gasteiger partial charge in [-0.25, -0.2) is 4.98 Å². The fourth-order valence-corrected chi connectivity index (χ4v) is 5.15. The standard InChI is InChI=1S/C23H25ClN4O2S/c24-18-13-20(31-21(18)14-26-9-11-28-10-1-2-22(28)30)19(29)6-4-15-3-5-17-16(12-15)7-8-27-23(17)25/h3,5,7-8,12-13,26H,1-2,4,6,9-11,14H2,(H2,25,27). The summed E-state index contributed by atoms with van der Waals surface area (Å²) in [5.74, 6) is 0.840. The fourth-order valence-electron chi connectivity index (χ4n) is 3.81. The highest BCUT2D eigenvalue weighted by atomic mass is 35.5. The number of nitrogens with one attached hydrogen (secondary N) is 1. The number of hydrogen-bond donors (Lipinski definition) is 2. The number of aromatic nitrogens is 1. The number of anilines is 1. The van der Waals surface area contributed by atoms with E-state index in [1.54, 1.807) is 12.3 Å². The second-order valence-electron chi connectivity index (χ2n) is 7.72. The van der Waals surface area contributed by atoms with Crippen LogP contribution in [0.3, 0.4) is 0 Å². The first-order chi connectivity index (χ1) is 15.0. The molecule has 0 spiro atoms. The van der Waals surface area contributed by atoms with Gasteiger partial charge in [-0.15, -0.1) is 11.3 Å². The first kappa shape index (κ1) is 21.7. The lowest BCUT2D eigenvalue weighted by Gasteiger charge is -2.15. The van der Waals surface area contributed by atoms with E-state index < -0.39 is 0 Å². The van der Waals surface area contributed by atoms with Crippen LogP contribution in [0.1, 0.15) is 39.4 Å². The van der Waals surface area contributed by atoms with Crippen LogP contribution in [0.5, 0.6) is 0 Å². The molecule has 2 aromatic heterocycles. The summed E-state index contributed by atoms with van der Waals surface area (Å²) in [6.07, 6.45) is 4.38. The molecule has 1 aliphatic rings. The summed E-state index contributed by atoms with van der Waals surface area (Å²) in [4.78, 5) is 32.0. The molecule has 1 aromatic carbocycles. The minimum atomic E-state index is 0.0927. The van der Waals surface area contributed by atoms with E-state index in [4.69, 9.17) is 17.3 Å². The van der Waals surface area contributed by atoms with Crippen molar-refractivity contribution in [3.8, 4) is 0 Å². The molecule has 8 heteroatoms. The van der Waals surface area contributed by atoms with Crippen molar-refractivity contribution < 1.29 is 9.59 Å². The maximum atomic E-state index is 12.7. The quantitative estimate of drug-likeness (QED) is 0.374. The van der Waals surface area contributed by atoms with E-state index in [0.717, 1.165) is 34.2 Å². The molecule has 3 heterocycles. The number of thiophene rings is 1. The molecular weight excluding hydrogens is 432 g/mol. The largest absolute Gasteiger partial charge is 0.383 e. The van der Waals surface area contributed by atoms with Crippen LogP contribution in [0.25, 0.3) is 10.8 Å². The average molecular weight is 457 g/mol. The fraction of sp³-hybridized carbons (Fsp3) is 0.348. The Hall–Kier alpha value is -2.48. The highest BCUT2D eigenvalue weighted by Crippen LogP contribution is 2.28. The van der Waals surface area contributed by atoms with Crippen LogP contribution < -0.4 is 11.1 Å². The lowest BCUT2D eigenvalue weighted by atomic mass is 10.0. The number of benzene rings is 1. The number of nitrogen functional groups attached to an aromatic ring is 1. The van der Waals surface area contributed by atoms with Gasteiger partial charge in [0.1, 0.15) is 5.82 Å². The van der Waals surface area contributed by atoms with Gasteiger partial charge in [0.25, 0.3) is 0 Å². The Morgan fingerprint density at radius 3 is 2.97 bits per heavy atom. The lowest BCUT2D eigenvalue weighted by molar-refractivity contribution is -0.127. The van der Waals surface area contributed by atoms with Crippen molar-refractivity contribution in [2.75, 3.05) is 25.4 Å². The number of nitrogens with two attached hydrogens (primary N) is 1. The Balaban J connectivity index is 1.29. The number of fused-ring (bicyclic) bond motifs is 1. The molecule has 3 N–H and O–H groups in total. The molecule has 31 heavy (non-hydrogen) atoms. The minimum absolute atomic E-state index is 0.0927. The number of Topliss-reactive ketones (excluding diaryl/α,β-unsaturated/α-hetero) is 1. The molecule has 1 fully saturated rings. The van der Waals surface area contributed by atoms with Crippen molar-refractivity contribution in [2.45, 2.75) is 32.2 Å². The number of pyridine rings is 1. The number of ketones is 1. The molecule has 162 valence electrons. The maximum absolute atomic E-state index is 12.7. The van der Waals surface area contributed by atoms with Crippen LogP contribution in [0, 0.1) is 0 Å². The van der Waals surface area contributed by atoms with Gasteiger partial charge in [-0.2, -0.15) is 0 Å². The highest BCUT2D eigenvalue weighted by Gasteiger charge is 2.19. The summed E-state index contributed by atoms with van der Waals surface area (Å²) in [5.41, 5.74) is 6.99. The van der Waals surface area contributed by atoms with Crippen LogP contribution in [-0.4, -0.2) is 41.2 Å². The number of rotatable bonds is 9. The molecule has 6 nitrogen and oxygen atoms in total. The SMILES string of the molecule is Nc1nccc2cc(CCC(=O)c3cc(Cl)c(CNCCN4CCCC4=O)s3)ccc12. The van der Waals surface area contributed by atoms with Gasteiger partial charge in [0, 0.05) is 55.5 Å². The molecule has 0 unspecified atom stereocenters. The zero-order chi connectivity index (χ0) is 21.8. The predicted octanol–water partition coefficient (Wildman–Crippen LogP) is 4.06. The third kappa shape index (κ3) is 5.23. The van der Waals surface area contributed by atoms with Crippen molar-refractivity contribution in [2.24, 2.45) is 0 Å². The van der Waals surface area contributed by atoms with Crippen molar-refractivity contribution in [3.63, 3.8) is 0 Å². The van der Waals surface area contributed by atoms with E-state index >= 15 is 0 Å². The minimum Gasteiger partial charge on any atom is -0.383 e. The monoisotopic (exact) mass is 456 g/mol. The summed E-state index contributed by atoms with van der Waals surface area (Å²) in [7, 11) is 0. The number of hydrogen-bond acceptors (Lipinski definition) is 6. The number of aryl methyl sites for hydroxylation is 1. The van der Waals surface area contributed by atoms with Gasteiger partial charge in [-0.05, 0) is 35.9 Å². The third-order valence-corrected chi connectivity index (χ3v) is 7.17. The van der Waals surface area contributed by atoms with E-state index in [1.807, 2.05) is 23.1 Å². The van der Waals surface area contributed by atoms with Gasteiger partial charge in [0.05, 0.1) is 9.90 Å². The van der Waals surface area contributed by atoms with Crippen LogP contribution in [-0.2, 0) is 17.8 Å². The molecule has 1 saturated heterocycles. The molecule has 0 saturated carbocycles. The predicted molar refractivity (Wildman–Crippen MR) is 126 cm³/mol. The molecular formula is C23H25ClN4O2S. The number of halogens is 1. The second kappa shape index (κ2) is 9.77. The highest BCUT2D eigenvalue weighted by molar-refractivity contribution is 7.14. The Bertz CT molecular complexity index is 1110. The summed E-state index contributed by atoms with van der Waals surface area (Å²) in [6, 6.07) is 9.70. The van der Waals surface area contributed by atoms with Crippen LogP contribution in [0.4, 0.5) is 5.82 Å². The number of carbonyl (C=O) groups is 2. The number of carbonyl (C=O) groups excluding carboxylic acids is 2. The lowest BCUT2D eigenvalue weighted by Crippen LogP contribution is -2.32. The van der Waals surface area contributed by atoms with E-state index in [-0.39, 0.29) is 11.7 Å². The van der Waals surface area contributed by atoms with Gasteiger partial charge in [-0.1, -0.05) is 29.8 Å². The molecule has 0 bridgehead atoms. The Kier molecular flexibility index (Phi) is 6.85. The van der Waals surface area contributed by atoms with E-state index in [1.165, 1.54) is 11.3 Å². The average Bonchev–Trinajstić information content (AvgIpc) is 3.34. The first-order valence-electron chi connectivity index (χ1n) is 10.4. The van der Waals surface area contributed by atoms with Gasteiger partial charge in [0.15, 0.2) is 5.78 Å². The van der Waals surface area contributed by atoms with Crippen molar-refractivity contribution in [1.29, 1.82) is 0 Å². The normalized spacial score (nSPS) is 14.0. The van der Waals surface area contributed by atoms with Crippen LogP contribution in [0.2, 0.25) is 5.02 Å². The summed E-state index contributed by atoms with van der Waals surface area (Å²) < 4.78 is 0. The third-order valence-electron chi connectivity index (χ3n) is 5.55. The Morgan fingerprint density at radius 2 is 2.16 bits per heavy atom. The van der Waals surface area contributed by atoms with Crippen molar-refractivity contribution in [1.82, 2.24) is 15.2 Å². The summed E-state index contributed by atoms with van der Waals surface area (Å²) in [5, 5.41) is 5.90. The Labute approximate surface area is 190 Å². The number of amides is 1. The Morgan fingerprint density at radius 1 is 1.29 bits per heavy atom. The van der Waals surface area contributed by atoms with Crippen molar-refractivity contribution >= 4 is 51.2 Å². The molecule has 0 radical (unpaired) electrons. The molecule has 4 rings (SSSR count). The van der Waals surface area contributed by atoms with Gasteiger partial charge in [-0.3, -0.25) is 9.59 Å². The maximum Gasteiger partial charge on any atom is 0.222 e. The van der Waals surface area contributed by atoms with Gasteiger partial charge in [0.2, 0.25) is 5.91 Å². The summed E-state index contributed by atoms with van der Waals surface area (Å²) >= 11 is 7.79. The van der Waals surface area contributed by atoms with E-state index in [0.29, 0.717) is 54.6 Å². The topological polar surface area (TPSA) is 88.3 Å². The van der Waals surface area contributed by atoms with Crippen molar-refractivity contribution in [3.05, 3.63) is 56.9 Å².